The lowest BCUT2D eigenvalue weighted by atomic mass is 9.94. The van der Waals surface area contributed by atoms with Crippen molar-refractivity contribution in [3.8, 4) is 0 Å². The molecule has 3 nitrogen and oxygen atoms in total. The Bertz CT molecular complexity index is 172. The monoisotopic (exact) mass is 170 g/mol. The summed E-state index contributed by atoms with van der Waals surface area (Å²) in [5.74, 6) is 1.94. The number of hydrogen-bond donors (Lipinski definition) is 1. The summed E-state index contributed by atoms with van der Waals surface area (Å²) in [5.41, 5.74) is 0.874. The zero-order valence-corrected chi connectivity index (χ0v) is 7.08. The van der Waals surface area contributed by atoms with Gasteiger partial charge in [-0.2, -0.15) is 0 Å². The molecule has 0 aromatic carbocycles. The van der Waals surface area contributed by atoms with Crippen LogP contribution in [0.25, 0.3) is 0 Å². The van der Waals surface area contributed by atoms with E-state index >= 15 is 0 Å². The Morgan fingerprint density at radius 1 is 1.50 bits per heavy atom. The van der Waals surface area contributed by atoms with Crippen LogP contribution in [0.4, 0.5) is 0 Å². The summed E-state index contributed by atoms with van der Waals surface area (Å²) in [6.45, 7) is 0.484. The zero-order chi connectivity index (χ0) is 8.81. The maximum Gasteiger partial charge on any atom is 0.123 e. The Morgan fingerprint density at radius 3 is 2.67 bits per heavy atom. The van der Waals surface area contributed by atoms with Crippen molar-refractivity contribution in [3.05, 3.63) is 5.57 Å². The van der Waals surface area contributed by atoms with Gasteiger partial charge in [0.1, 0.15) is 5.94 Å². The fourth-order valence-electron chi connectivity index (χ4n) is 1.43. The minimum absolute atomic E-state index is 0.0763. The molecule has 0 saturated heterocycles. The van der Waals surface area contributed by atoms with Crippen LogP contribution in [-0.2, 0) is 9.53 Å². The van der Waals surface area contributed by atoms with Crippen LogP contribution in [-0.4, -0.2) is 30.4 Å². The van der Waals surface area contributed by atoms with E-state index in [2.05, 4.69) is 0 Å². The van der Waals surface area contributed by atoms with Crippen molar-refractivity contribution >= 4 is 5.94 Å². The quantitative estimate of drug-likeness (QED) is 0.634. The Labute approximate surface area is 72.0 Å². The summed E-state index contributed by atoms with van der Waals surface area (Å²) in [7, 11) is 0. The molecule has 1 saturated carbocycles. The molecule has 0 amide bonds. The summed E-state index contributed by atoms with van der Waals surface area (Å²) < 4.78 is 5.33. The highest BCUT2D eigenvalue weighted by Crippen LogP contribution is 2.23. The third kappa shape index (κ3) is 2.78. The summed E-state index contributed by atoms with van der Waals surface area (Å²) in [5, 5.41) is 8.50. The van der Waals surface area contributed by atoms with Gasteiger partial charge in [0.2, 0.25) is 0 Å². The van der Waals surface area contributed by atoms with Gasteiger partial charge in [-0.05, 0) is 25.7 Å². The van der Waals surface area contributed by atoms with Gasteiger partial charge in [-0.1, -0.05) is 0 Å². The summed E-state index contributed by atoms with van der Waals surface area (Å²) in [4.78, 5) is 10.2. The molecule has 0 aromatic rings. The average molecular weight is 170 g/mol. The molecule has 0 radical (unpaired) electrons. The molecule has 1 fully saturated rings. The third-order valence-electron chi connectivity index (χ3n) is 2.13. The van der Waals surface area contributed by atoms with Crippen LogP contribution >= 0.6 is 0 Å². The van der Waals surface area contributed by atoms with E-state index < -0.39 is 0 Å². The standard InChI is InChI=1S/C9H14O3/c10-5-6-12-9-3-1-8(7-11)2-4-9/h9-10H,1-6H2. The predicted molar refractivity (Wildman–Crippen MR) is 44.5 cm³/mol. The molecule has 1 aliphatic rings. The van der Waals surface area contributed by atoms with Gasteiger partial charge in [-0.15, -0.1) is 0 Å². The molecule has 1 N–H and O–H groups in total. The highest BCUT2D eigenvalue weighted by Gasteiger charge is 2.16. The van der Waals surface area contributed by atoms with Gasteiger partial charge in [0.25, 0.3) is 0 Å². The lowest BCUT2D eigenvalue weighted by Crippen LogP contribution is -2.19. The van der Waals surface area contributed by atoms with Crippen LogP contribution in [0.15, 0.2) is 5.57 Å². The Morgan fingerprint density at radius 2 is 2.17 bits per heavy atom. The van der Waals surface area contributed by atoms with Gasteiger partial charge < -0.3 is 9.84 Å². The topological polar surface area (TPSA) is 46.5 Å². The van der Waals surface area contributed by atoms with E-state index in [1.165, 1.54) is 0 Å². The molecule has 0 spiro atoms. The van der Waals surface area contributed by atoms with E-state index in [0.29, 0.717) is 6.61 Å². The van der Waals surface area contributed by atoms with Gasteiger partial charge in [0.15, 0.2) is 0 Å². The predicted octanol–water partition coefficient (Wildman–Crippen LogP) is 0.696. The fraction of sp³-hybridized carbons (Fsp3) is 0.778. The number of carbonyl (C=O) groups excluding carboxylic acids is 1. The van der Waals surface area contributed by atoms with Crippen LogP contribution in [0.5, 0.6) is 0 Å². The number of allylic oxidation sites excluding steroid dienone is 1. The van der Waals surface area contributed by atoms with Crippen LogP contribution in [0.1, 0.15) is 25.7 Å². The highest BCUT2D eigenvalue weighted by molar-refractivity contribution is 5.52. The molecule has 0 aliphatic heterocycles. The lowest BCUT2D eigenvalue weighted by Gasteiger charge is -2.21. The van der Waals surface area contributed by atoms with Gasteiger partial charge in [0.05, 0.1) is 19.3 Å². The van der Waals surface area contributed by atoms with Crippen molar-refractivity contribution < 1.29 is 14.6 Å². The second-order valence-electron chi connectivity index (χ2n) is 3.00. The highest BCUT2D eigenvalue weighted by atomic mass is 16.5. The first-order valence-corrected chi connectivity index (χ1v) is 4.32. The van der Waals surface area contributed by atoms with Crippen molar-refractivity contribution in [1.29, 1.82) is 0 Å². The molecular formula is C9H14O3. The van der Waals surface area contributed by atoms with E-state index in [1.807, 2.05) is 5.94 Å². The van der Waals surface area contributed by atoms with Crippen LogP contribution in [0.2, 0.25) is 0 Å². The van der Waals surface area contributed by atoms with E-state index in [0.717, 1.165) is 31.3 Å². The third-order valence-corrected chi connectivity index (χ3v) is 2.13. The van der Waals surface area contributed by atoms with Crippen molar-refractivity contribution in [2.24, 2.45) is 0 Å². The molecular weight excluding hydrogens is 156 g/mol. The number of aliphatic hydroxyl groups is 1. The zero-order valence-electron chi connectivity index (χ0n) is 7.08. The molecule has 1 rings (SSSR count). The largest absolute Gasteiger partial charge is 0.394 e. The molecule has 1 aliphatic carbocycles. The fourth-order valence-corrected chi connectivity index (χ4v) is 1.43. The van der Waals surface area contributed by atoms with E-state index in [4.69, 9.17) is 9.84 Å². The Kier molecular flexibility index (Phi) is 4.01. The summed E-state index contributed by atoms with van der Waals surface area (Å²) in [6, 6.07) is 0. The minimum atomic E-state index is 0.0763. The lowest BCUT2D eigenvalue weighted by molar-refractivity contribution is 0.0147. The maximum atomic E-state index is 10.2. The molecule has 0 aromatic heterocycles. The van der Waals surface area contributed by atoms with E-state index in [9.17, 15) is 4.79 Å². The number of aliphatic hydroxyl groups excluding tert-OH is 1. The van der Waals surface area contributed by atoms with Crippen LogP contribution in [0, 0.1) is 0 Å². The molecule has 0 bridgehead atoms. The second kappa shape index (κ2) is 5.09. The summed E-state index contributed by atoms with van der Waals surface area (Å²) >= 11 is 0. The molecule has 12 heavy (non-hydrogen) atoms. The molecule has 0 unspecified atom stereocenters. The van der Waals surface area contributed by atoms with Gasteiger partial charge >= 0.3 is 0 Å². The maximum absolute atomic E-state index is 10.2. The SMILES string of the molecule is O=C=C1CCC(OCCO)CC1. The minimum Gasteiger partial charge on any atom is -0.394 e. The van der Waals surface area contributed by atoms with Crippen LogP contribution in [0.3, 0.4) is 0 Å². The van der Waals surface area contributed by atoms with Gasteiger partial charge in [-0.25, -0.2) is 4.79 Å². The van der Waals surface area contributed by atoms with Gasteiger partial charge in [-0.3, -0.25) is 0 Å². The molecule has 0 atom stereocenters. The van der Waals surface area contributed by atoms with E-state index in [-0.39, 0.29) is 12.7 Å². The number of hydrogen-bond acceptors (Lipinski definition) is 3. The van der Waals surface area contributed by atoms with E-state index in [1.54, 1.807) is 0 Å². The normalized spacial score (nSPS) is 23.8. The Hall–Kier alpha value is -0.630. The molecule has 3 heteroatoms. The molecule has 0 heterocycles. The Balaban J connectivity index is 2.21. The number of rotatable bonds is 3. The van der Waals surface area contributed by atoms with Gasteiger partial charge in [0, 0.05) is 5.57 Å². The van der Waals surface area contributed by atoms with Crippen molar-refractivity contribution in [2.45, 2.75) is 31.8 Å². The first-order chi connectivity index (χ1) is 5.86. The number of ether oxygens (including phenoxy) is 1. The average Bonchev–Trinajstić information content (AvgIpc) is 2.15. The smallest absolute Gasteiger partial charge is 0.123 e. The first-order valence-electron chi connectivity index (χ1n) is 4.32. The summed E-state index contributed by atoms with van der Waals surface area (Å²) in [6.07, 6.45) is 3.63. The van der Waals surface area contributed by atoms with Crippen molar-refractivity contribution in [3.63, 3.8) is 0 Å². The molecule has 68 valence electrons. The second-order valence-corrected chi connectivity index (χ2v) is 3.00. The van der Waals surface area contributed by atoms with Crippen molar-refractivity contribution in [1.82, 2.24) is 0 Å². The first kappa shape index (κ1) is 9.46. The van der Waals surface area contributed by atoms with Crippen LogP contribution < -0.4 is 0 Å². The van der Waals surface area contributed by atoms with Crippen molar-refractivity contribution in [2.75, 3.05) is 13.2 Å².